The summed E-state index contributed by atoms with van der Waals surface area (Å²) in [5.74, 6) is 1.11. The first-order valence-electron chi connectivity index (χ1n) is 6.48. The van der Waals surface area contributed by atoms with Gasteiger partial charge in [-0.3, -0.25) is 0 Å². The predicted octanol–water partition coefficient (Wildman–Crippen LogP) is 2.00. The fraction of sp³-hybridized carbons (Fsp3) is 0.500. The van der Waals surface area contributed by atoms with Crippen LogP contribution in [0.4, 0.5) is 0 Å². The molecular weight excluding hydrogens is 226 g/mol. The largest absolute Gasteiger partial charge is 0.382 e. The molecule has 4 heteroatoms. The monoisotopic (exact) mass is 247 g/mol. The maximum Gasteiger partial charge on any atom is 0.109 e. The Morgan fingerprint density at radius 1 is 1.39 bits per heavy atom. The maximum atomic E-state index is 5.67. The van der Waals surface area contributed by atoms with E-state index in [1.54, 1.807) is 0 Å². The van der Waals surface area contributed by atoms with Gasteiger partial charge in [-0.25, -0.2) is 4.98 Å². The smallest absolute Gasteiger partial charge is 0.109 e. The van der Waals surface area contributed by atoms with E-state index in [0.717, 1.165) is 48.5 Å². The zero-order chi connectivity index (χ0) is 13.0. The van der Waals surface area contributed by atoms with Crippen LogP contribution in [-0.4, -0.2) is 22.8 Å². The second kappa shape index (κ2) is 5.98. The Hall–Kier alpha value is -1.39. The van der Waals surface area contributed by atoms with Crippen molar-refractivity contribution in [1.82, 2.24) is 9.55 Å². The molecule has 18 heavy (non-hydrogen) atoms. The van der Waals surface area contributed by atoms with Crippen LogP contribution in [-0.2, 0) is 24.8 Å². The van der Waals surface area contributed by atoms with E-state index < -0.39 is 0 Å². The fourth-order valence-electron chi connectivity index (χ4n) is 2.11. The van der Waals surface area contributed by atoms with Crippen molar-refractivity contribution in [1.29, 1.82) is 0 Å². The highest BCUT2D eigenvalue weighted by molar-refractivity contribution is 5.76. The van der Waals surface area contributed by atoms with Gasteiger partial charge in [-0.1, -0.05) is 6.07 Å². The number of aryl methyl sites for hydroxylation is 2. The second-order valence-corrected chi connectivity index (χ2v) is 4.41. The number of rotatable bonds is 6. The Kier molecular flexibility index (Phi) is 4.33. The van der Waals surface area contributed by atoms with Crippen LogP contribution in [0.25, 0.3) is 11.0 Å². The number of benzene rings is 1. The summed E-state index contributed by atoms with van der Waals surface area (Å²) in [5.41, 5.74) is 9.01. The molecular formula is C14H21N3O. The van der Waals surface area contributed by atoms with Crippen molar-refractivity contribution < 1.29 is 4.74 Å². The molecule has 0 aliphatic heterocycles. The first kappa shape index (κ1) is 13.1. The summed E-state index contributed by atoms with van der Waals surface area (Å²) in [7, 11) is 2.06. The third kappa shape index (κ3) is 2.71. The summed E-state index contributed by atoms with van der Waals surface area (Å²) in [6.45, 7) is 4.17. The van der Waals surface area contributed by atoms with Crippen LogP contribution in [0.1, 0.15) is 24.7 Å². The number of fused-ring (bicyclic) bond motifs is 1. The van der Waals surface area contributed by atoms with Crippen LogP contribution in [0.3, 0.4) is 0 Å². The molecule has 1 aromatic carbocycles. The Morgan fingerprint density at radius 3 is 2.94 bits per heavy atom. The maximum absolute atomic E-state index is 5.67. The molecule has 0 amide bonds. The molecule has 1 heterocycles. The van der Waals surface area contributed by atoms with Gasteiger partial charge in [0.15, 0.2) is 0 Å². The molecule has 2 N–H and O–H groups in total. The number of imidazole rings is 1. The molecule has 2 aromatic rings. The lowest BCUT2D eigenvalue weighted by Crippen LogP contribution is -2.02. The van der Waals surface area contributed by atoms with Crippen molar-refractivity contribution in [3.05, 3.63) is 29.6 Å². The summed E-state index contributed by atoms with van der Waals surface area (Å²) in [6, 6.07) is 6.21. The van der Waals surface area contributed by atoms with Crippen molar-refractivity contribution >= 4 is 11.0 Å². The van der Waals surface area contributed by atoms with E-state index in [4.69, 9.17) is 10.5 Å². The van der Waals surface area contributed by atoms with Crippen LogP contribution in [0.2, 0.25) is 0 Å². The minimum Gasteiger partial charge on any atom is -0.382 e. The van der Waals surface area contributed by atoms with Gasteiger partial charge in [0.05, 0.1) is 11.0 Å². The van der Waals surface area contributed by atoms with Crippen LogP contribution in [0, 0.1) is 0 Å². The predicted molar refractivity (Wildman–Crippen MR) is 73.4 cm³/mol. The second-order valence-electron chi connectivity index (χ2n) is 4.41. The van der Waals surface area contributed by atoms with Crippen molar-refractivity contribution in [2.75, 3.05) is 13.2 Å². The molecule has 98 valence electrons. The quantitative estimate of drug-likeness (QED) is 0.794. The van der Waals surface area contributed by atoms with E-state index in [-0.39, 0.29) is 0 Å². The topological polar surface area (TPSA) is 53.1 Å². The van der Waals surface area contributed by atoms with Gasteiger partial charge in [0, 0.05) is 33.2 Å². The first-order chi connectivity index (χ1) is 8.76. The lowest BCUT2D eigenvalue weighted by atomic mass is 10.2. The molecule has 0 saturated heterocycles. The Morgan fingerprint density at radius 2 is 2.22 bits per heavy atom. The highest BCUT2D eigenvalue weighted by atomic mass is 16.5. The van der Waals surface area contributed by atoms with E-state index in [1.165, 1.54) is 0 Å². The van der Waals surface area contributed by atoms with Crippen molar-refractivity contribution in [3.8, 4) is 0 Å². The molecule has 0 aliphatic rings. The van der Waals surface area contributed by atoms with Crippen LogP contribution < -0.4 is 5.73 Å². The van der Waals surface area contributed by atoms with Crippen molar-refractivity contribution in [2.24, 2.45) is 12.8 Å². The zero-order valence-electron chi connectivity index (χ0n) is 11.1. The van der Waals surface area contributed by atoms with Crippen molar-refractivity contribution in [2.45, 2.75) is 26.3 Å². The average Bonchev–Trinajstić information content (AvgIpc) is 2.71. The number of aromatic nitrogens is 2. The summed E-state index contributed by atoms with van der Waals surface area (Å²) in [5, 5.41) is 0. The third-order valence-corrected chi connectivity index (χ3v) is 3.17. The van der Waals surface area contributed by atoms with E-state index in [9.17, 15) is 0 Å². The van der Waals surface area contributed by atoms with Crippen LogP contribution in [0.15, 0.2) is 18.2 Å². The van der Waals surface area contributed by atoms with E-state index in [2.05, 4.69) is 22.7 Å². The lowest BCUT2D eigenvalue weighted by Gasteiger charge is -2.03. The molecule has 0 spiro atoms. The van der Waals surface area contributed by atoms with Gasteiger partial charge in [-0.15, -0.1) is 0 Å². The van der Waals surface area contributed by atoms with Gasteiger partial charge in [-0.2, -0.15) is 0 Å². The number of ether oxygens (including phenoxy) is 1. The van der Waals surface area contributed by atoms with Gasteiger partial charge in [-0.05, 0) is 31.0 Å². The van der Waals surface area contributed by atoms with Crippen LogP contribution in [0.5, 0.6) is 0 Å². The molecule has 0 bridgehead atoms. The molecule has 1 aromatic heterocycles. The summed E-state index contributed by atoms with van der Waals surface area (Å²) >= 11 is 0. The third-order valence-electron chi connectivity index (χ3n) is 3.17. The van der Waals surface area contributed by atoms with Gasteiger partial charge >= 0.3 is 0 Å². The number of hydrogen-bond acceptors (Lipinski definition) is 3. The van der Waals surface area contributed by atoms with E-state index in [1.807, 2.05) is 19.1 Å². The summed E-state index contributed by atoms with van der Waals surface area (Å²) in [4.78, 5) is 4.65. The molecule has 2 rings (SSSR count). The fourth-order valence-corrected chi connectivity index (χ4v) is 2.11. The summed E-state index contributed by atoms with van der Waals surface area (Å²) < 4.78 is 7.51. The molecule has 0 fully saturated rings. The Labute approximate surface area is 108 Å². The minimum absolute atomic E-state index is 0.570. The minimum atomic E-state index is 0.570. The molecule has 0 aliphatic carbocycles. The normalized spacial score (nSPS) is 11.3. The molecule has 0 atom stereocenters. The van der Waals surface area contributed by atoms with Gasteiger partial charge in [0.1, 0.15) is 5.82 Å². The number of nitrogens with two attached hydrogens (primary N) is 1. The standard InChI is InChI=1S/C14H21N3O/c1-3-18-8-4-5-14-16-12-7-6-11(10-15)9-13(12)17(14)2/h6-7,9H,3-5,8,10,15H2,1-2H3. The number of hydrogen-bond donors (Lipinski definition) is 1. The van der Waals surface area contributed by atoms with Crippen molar-refractivity contribution in [3.63, 3.8) is 0 Å². The molecule has 0 radical (unpaired) electrons. The molecule has 0 unspecified atom stereocenters. The highest BCUT2D eigenvalue weighted by Crippen LogP contribution is 2.17. The molecule has 0 saturated carbocycles. The first-order valence-corrected chi connectivity index (χ1v) is 6.48. The summed E-state index contributed by atoms with van der Waals surface area (Å²) in [6.07, 6.45) is 1.96. The zero-order valence-corrected chi connectivity index (χ0v) is 11.1. The average molecular weight is 247 g/mol. The highest BCUT2D eigenvalue weighted by Gasteiger charge is 2.07. The van der Waals surface area contributed by atoms with Crippen LogP contribution >= 0.6 is 0 Å². The van der Waals surface area contributed by atoms with E-state index in [0.29, 0.717) is 6.54 Å². The number of nitrogens with zero attached hydrogens (tertiary/aromatic N) is 2. The lowest BCUT2D eigenvalue weighted by molar-refractivity contribution is 0.144. The van der Waals surface area contributed by atoms with Gasteiger partial charge < -0.3 is 15.0 Å². The Bertz CT molecular complexity index is 519. The molecule has 4 nitrogen and oxygen atoms in total. The van der Waals surface area contributed by atoms with Gasteiger partial charge in [0.2, 0.25) is 0 Å². The van der Waals surface area contributed by atoms with E-state index >= 15 is 0 Å². The SMILES string of the molecule is CCOCCCc1nc2ccc(CN)cc2n1C. The Balaban J connectivity index is 2.16. The van der Waals surface area contributed by atoms with Gasteiger partial charge in [0.25, 0.3) is 0 Å².